The average Bonchev–Trinajstić information content (AvgIpc) is 3.42. The molecule has 3 heterocycles. The highest BCUT2D eigenvalue weighted by Crippen LogP contribution is 2.68. The molecule has 0 saturated carbocycles. The summed E-state index contributed by atoms with van der Waals surface area (Å²) >= 11 is 6.61. The average molecular weight is 423 g/mol. The van der Waals surface area contributed by atoms with Crippen LogP contribution in [0.1, 0.15) is 32.3 Å². The Morgan fingerprint density at radius 2 is 1.62 bits per heavy atom. The molecular formula is C23H27N4PS. The minimum atomic E-state index is -2.24. The fourth-order valence-electron chi connectivity index (χ4n) is 5.04. The molecule has 0 N–H and O–H groups in total. The van der Waals surface area contributed by atoms with Gasteiger partial charge in [0.15, 0.2) is 6.34 Å². The van der Waals surface area contributed by atoms with Crippen molar-refractivity contribution >= 4 is 35.7 Å². The van der Waals surface area contributed by atoms with E-state index in [0.717, 1.165) is 18.8 Å². The summed E-state index contributed by atoms with van der Waals surface area (Å²) in [7, 11) is 2.18. The van der Waals surface area contributed by atoms with Gasteiger partial charge in [-0.3, -0.25) is 4.67 Å². The summed E-state index contributed by atoms with van der Waals surface area (Å²) in [5, 5.41) is 6.16. The van der Waals surface area contributed by atoms with Crippen LogP contribution in [0.2, 0.25) is 0 Å². The van der Waals surface area contributed by atoms with E-state index in [1.165, 1.54) is 35.1 Å². The number of benzene rings is 2. The van der Waals surface area contributed by atoms with Crippen LogP contribution in [-0.4, -0.2) is 31.0 Å². The van der Waals surface area contributed by atoms with Crippen LogP contribution < -0.4 is 9.68 Å². The highest BCUT2D eigenvalue weighted by Gasteiger charge is 2.48. The third-order valence-electron chi connectivity index (χ3n) is 6.42. The quantitative estimate of drug-likeness (QED) is 0.593. The Hall–Kier alpha value is -1.94. The van der Waals surface area contributed by atoms with Crippen LogP contribution in [0.5, 0.6) is 0 Å². The van der Waals surface area contributed by atoms with Crippen LogP contribution in [-0.2, 0) is 17.2 Å². The van der Waals surface area contributed by atoms with E-state index < -0.39 is 6.34 Å². The van der Waals surface area contributed by atoms with Crippen LogP contribution in [0, 0.1) is 0 Å². The van der Waals surface area contributed by atoms with Gasteiger partial charge in [-0.2, -0.15) is 5.10 Å². The van der Waals surface area contributed by atoms with E-state index in [-0.39, 0.29) is 5.41 Å². The fraction of sp³-hybridized carbons (Fsp3) is 0.348. The normalized spacial score (nSPS) is 28.4. The van der Waals surface area contributed by atoms with E-state index in [2.05, 4.69) is 90.0 Å². The van der Waals surface area contributed by atoms with E-state index >= 15 is 0 Å². The summed E-state index contributed by atoms with van der Waals surface area (Å²) in [6.07, 6.45) is 2.24. The largest absolute Gasteiger partial charge is 0.346 e. The first-order valence-electron chi connectivity index (χ1n) is 10.3. The van der Waals surface area contributed by atoms with Gasteiger partial charge in [0.1, 0.15) is 0 Å². The molecule has 6 heteroatoms. The number of nitrogens with zero attached hydrogens (tertiary/aromatic N) is 4. The third-order valence-corrected chi connectivity index (χ3v) is 11.1. The second kappa shape index (κ2) is 6.80. The first-order chi connectivity index (χ1) is 14.0. The number of hydrogen-bond acceptors (Lipinski definition) is 3. The maximum absolute atomic E-state index is 6.61. The zero-order chi connectivity index (χ0) is 20.2. The van der Waals surface area contributed by atoms with Crippen molar-refractivity contribution in [3.05, 3.63) is 71.2 Å². The number of rotatable bonds is 2. The summed E-state index contributed by atoms with van der Waals surface area (Å²) in [6, 6.07) is 19.2. The Morgan fingerprint density at radius 3 is 2.31 bits per heavy atom. The molecular weight excluding hydrogens is 395 g/mol. The van der Waals surface area contributed by atoms with Crippen LogP contribution >= 0.6 is 6.34 Å². The summed E-state index contributed by atoms with van der Waals surface area (Å²) in [6.45, 7) is 6.75. The molecule has 5 rings (SSSR count). The number of para-hydroxylation sites is 2. The van der Waals surface area contributed by atoms with Gasteiger partial charge in [0.25, 0.3) is 0 Å². The van der Waals surface area contributed by atoms with Crippen LogP contribution in [0.3, 0.4) is 0 Å². The predicted molar refractivity (Wildman–Crippen MR) is 127 cm³/mol. The van der Waals surface area contributed by atoms with Crippen molar-refractivity contribution in [2.24, 2.45) is 5.10 Å². The molecule has 3 aliphatic heterocycles. The number of allylic oxidation sites excluding steroid dienone is 2. The Labute approximate surface area is 178 Å². The van der Waals surface area contributed by atoms with Crippen molar-refractivity contribution < 1.29 is 0 Å². The van der Waals surface area contributed by atoms with Gasteiger partial charge in [-0.25, -0.2) is 4.78 Å². The SMILES string of the molecule is CN1/C(=C2/C=NN(c3ccccc3)[P@]2(=S)N2CCCC2)C(C)(C)c2ccccc21. The predicted octanol–water partition coefficient (Wildman–Crippen LogP) is 5.54. The molecule has 0 aliphatic carbocycles. The third kappa shape index (κ3) is 2.68. The van der Waals surface area contributed by atoms with Gasteiger partial charge in [0.2, 0.25) is 0 Å². The monoisotopic (exact) mass is 422 g/mol. The summed E-state index contributed by atoms with van der Waals surface area (Å²) in [4.78, 5) is 2.35. The number of anilines is 2. The minimum absolute atomic E-state index is 0.108. The van der Waals surface area contributed by atoms with E-state index in [1.54, 1.807) is 0 Å². The molecule has 1 fully saturated rings. The number of likely N-dealkylation sites (N-methyl/N-ethyl adjacent to an activating group) is 1. The van der Waals surface area contributed by atoms with Crippen molar-refractivity contribution in [3.8, 4) is 0 Å². The van der Waals surface area contributed by atoms with Crippen molar-refractivity contribution in [1.29, 1.82) is 0 Å². The molecule has 4 nitrogen and oxygen atoms in total. The fourth-order valence-corrected chi connectivity index (χ4v) is 9.46. The molecule has 0 aromatic heterocycles. The standard InChI is InChI=1S/C23H27N4PS/c1-23(2)19-13-7-8-14-20(19)25(3)22(23)21-17-24-27(18-11-5-4-6-12-18)28(21,29)26-15-9-10-16-26/h4-8,11-14,17H,9-10,15-16H2,1-3H3/b22-21-/t28-/m1/s1. The van der Waals surface area contributed by atoms with Crippen LogP contribution in [0.4, 0.5) is 11.4 Å². The molecule has 2 aromatic carbocycles. The lowest BCUT2D eigenvalue weighted by Crippen LogP contribution is -2.30. The van der Waals surface area contributed by atoms with Gasteiger partial charge in [-0.1, -0.05) is 62.1 Å². The Kier molecular flexibility index (Phi) is 4.47. The van der Waals surface area contributed by atoms with Crippen molar-refractivity contribution in [2.75, 3.05) is 29.8 Å². The smallest absolute Gasteiger partial charge is 0.154 e. The lowest BCUT2D eigenvalue weighted by Gasteiger charge is -2.38. The molecule has 1 saturated heterocycles. The number of hydrogen-bond donors (Lipinski definition) is 0. The van der Waals surface area contributed by atoms with Crippen molar-refractivity contribution in [1.82, 2.24) is 4.67 Å². The Balaban J connectivity index is 1.73. The number of hydrazone groups is 1. The van der Waals surface area contributed by atoms with E-state index in [0.29, 0.717) is 0 Å². The molecule has 3 aliphatic rings. The highest BCUT2D eigenvalue weighted by molar-refractivity contribution is 8.16. The Bertz CT molecular complexity index is 1050. The Morgan fingerprint density at radius 1 is 0.966 bits per heavy atom. The van der Waals surface area contributed by atoms with Gasteiger partial charge >= 0.3 is 0 Å². The van der Waals surface area contributed by atoms with Gasteiger partial charge in [0.05, 0.1) is 17.2 Å². The second-order valence-corrected chi connectivity index (χ2v) is 12.6. The molecule has 0 amide bonds. The van der Waals surface area contributed by atoms with E-state index in [1.807, 2.05) is 6.07 Å². The van der Waals surface area contributed by atoms with Crippen LogP contribution in [0.25, 0.3) is 0 Å². The zero-order valence-corrected chi connectivity index (χ0v) is 19.0. The minimum Gasteiger partial charge on any atom is -0.346 e. The first kappa shape index (κ1) is 19.0. The summed E-state index contributed by atoms with van der Waals surface area (Å²) in [5.74, 6) is 0. The van der Waals surface area contributed by atoms with Gasteiger partial charge < -0.3 is 4.90 Å². The van der Waals surface area contributed by atoms with Gasteiger partial charge in [-0.05, 0) is 36.6 Å². The molecule has 0 bridgehead atoms. The number of fused-ring (bicyclic) bond motifs is 1. The molecule has 0 spiro atoms. The molecule has 1 atom stereocenters. The van der Waals surface area contributed by atoms with Crippen molar-refractivity contribution in [2.45, 2.75) is 32.1 Å². The topological polar surface area (TPSA) is 22.1 Å². The van der Waals surface area contributed by atoms with Crippen LogP contribution in [0.15, 0.2) is 70.7 Å². The molecule has 29 heavy (non-hydrogen) atoms. The molecule has 150 valence electrons. The van der Waals surface area contributed by atoms with Gasteiger partial charge in [-0.15, -0.1) is 0 Å². The molecule has 2 aromatic rings. The molecule has 0 radical (unpaired) electrons. The summed E-state index contributed by atoms with van der Waals surface area (Å²) < 4.78 is 4.69. The molecule has 0 unspecified atom stereocenters. The maximum atomic E-state index is 6.61. The second-order valence-electron chi connectivity index (χ2n) is 8.51. The van der Waals surface area contributed by atoms with E-state index in [9.17, 15) is 0 Å². The van der Waals surface area contributed by atoms with E-state index in [4.69, 9.17) is 16.9 Å². The maximum Gasteiger partial charge on any atom is 0.154 e. The summed E-state index contributed by atoms with van der Waals surface area (Å²) in [5.41, 5.74) is 4.92. The first-order valence-corrected chi connectivity index (χ1v) is 13.0. The lowest BCUT2D eigenvalue weighted by atomic mass is 9.84. The van der Waals surface area contributed by atoms with Gasteiger partial charge in [0, 0.05) is 36.9 Å². The van der Waals surface area contributed by atoms with Crippen molar-refractivity contribution in [3.63, 3.8) is 0 Å². The highest BCUT2D eigenvalue weighted by atomic mass is 32.4. The lowest BCUT2D eigenvalue weighted by molar-refractivity contribution is 0.563. The zero-order valence-electron chi connectivity index (χ0n) is 17.2.